The number of hydrogen-bond donors (Lipinski definition) is 0. The van der Waals surface area contributed by atoms with Gasteiger partial charge >= 0.3 is 8.80 Å². The fourth-order valence-electron chi connectivity index (χ4n) is 1.78. The zero-order chi connectivity index (χ0) is 14.5. The van der Waals surface area contributed by atoms with E-state index < -0.39 is 8.80 Å². The van der Waals surface area contributed by atoms with E-state index in [1.165, 1.54) is 0 Å². The second-order valence-corrected chi connectivity index (χ2v) is 8.24. The fraction of sp³-hybridized carbons (Fsp3) is 0.571. The molecule has 0 bridgehead atoms. The molecular formula is C14H24O4Si. The third kappa shape index (κ3) is 4.61. The highest BCUT2D eigenvalue weighted by Gasteiger charge is 2.39. The van der Waals surface area contributed by atoms with Crippen LogP contribution in [-0.2, 0) is 19.3 Å². The first-order valence-corrected chi connectivity index (χ1v) is 8.21. The normalized spacial score (nSPS) is 12.5. The molecule has 0 spiro atoms. The lowest BCUT2D eigenvalue weighted by Gasteiger charge is -2.27. The van der Waals surface area contributed by atoms with E-state index in [9.17, 15) is 0 Å². The van der Waals surface area contributed by atoms with Crippen LogP contribution < -0.4 is 4.74 Å². The minimum Gasteiger partial charge on any atom is -0.488 e. The van der Waals surface area contributed by atoms with Gasteiger partial charge in [-0.3, -0.25) is 0 Å². The second-order valence-electron chi connectivity index (χ2n) is 5.29. The van der Waals surface area contributed by atoms with Crippen molar-refractivity contribution in [2.45, 2.75) is 32.4 Å². The van der Waals surface area contributed by atoms with Gasteiger partial charge in [-0.05, 0) is 32.4 Å². The smallest absolute Gasteiger partial charge is 0.488 e. The first-order valence-electron chi connectivity index (χ1n) is 6.28. The van der Waals surface area contributed by atoms with E-state index in [1.54, 1.807) is 21.3 Å². The SMILES string of the molecule is CO[Si](Cc1ccccc1OC(C)(C)C)(OC)OC. The van der Waals surface area contributed by atoms with Crippen molar-refractivity contribution >= 4 is 8.80 Å². The fourth-order valence-corrected chi connectivity index (χ4v) is 3.47. The quantitative estimate of drug-likeness (QED) is 0.753. The predicted molar refractivity (Wildman–Crippen MR) is 77.3 cm³/mol. The van der Waals surface area contributed by atoms with E-state index in [-0.39, 0.29) is 5.60 Å². The maximum absolute atomic E-state index is 5.97. The Labute approximate surface area is 117 Å². The zero-order valence-electron chi connectivity index (χ0n) is 12.6. The molecule has 0 amide bonds. The van der Waals surface area contributed by atoms with Gasteiger partial charge in [-0.15, -0.1) is 0 Å². The topological polar surface area (TPSA) is 36.9 Å². The summed E-state index contributed by atoms with van der Waals surface area (Å²) < 4.78 is 22.4. The molecule has 0 atom stereocenters. The summed E-state index contributed by atoms with van der Waals surface area (Å²) in [7, 11) is 2.21. The van der Waals surface area contributed by atoms with Crippen LogP contribution in [-0.4, -0.2) is 35.7 Å². The molecule has 0 N–H and O–H groups in total. The lowest BCUT2D eigenvalue weighted by Crippen LogP contribution is -2.45. The number of benzene rings is 1. The van der Waals surface area contributed by atoms with Gasteiger partial charge in [0.2, 0.25) is 0 Å². The summed E-state index contributed by atoms with van der Waals surface area (Å²) in [6.07, 6.45) is 0. The summed E-state index contributed by atoms with van der Waals surface area (Å²) in [5.74, 6) is 0.845. The van der Waals surface area contributed by atoms with Gasteiger partial charge in [0.25, 0.3) is 0 Å². The van der Waals surface area contributed by atoms with Crippen molar-refractivity contribution in [2.75, 3.05) is 21.3 Å². The van der Waals surface area contributed by atoms with Gasteiger partial charge in [0, 0.05) is 27.4 Å². The number of rotatable bonds is 6. The van der Waals surface area contributed by atoms with Gasteiger partial charge in [-0.25, -0.2) is 0 Å². The molecule has 0 saturated carbocycles. The standard InChI is InChI=1S/C14H24O4Si/c1-14(2,3)18-13-10-8-7-9-12(13)11-19(15-4,16-5)17-6/h7-10H,11H2,1-6H3. The van der Waals surface area contributed by atoms with Crippen LogP contribution in [0.15, 0.2) is 24.3 Å². The van der Waals surface area contributed by atoms with Crippen molar-refractivity contribution in [3.63, 3.8) is 0 Å². The van der Waals surface area contributed by atoms with Crippen molar-refractivity contribution in [2.24, 2.45) is 0 Å². The molecule has 4 nitrogen and oxygen atoms in total. The maximum atomic E-state index is 5.97. The number of ether oxygens (including phenoxy) is 1. The summed E-state index contributed by atoms with van der Waals surface area (Å²) in [5, 5.41) is 0. The molecule has 0 radical (unpaired) electrons. The molecule has 1 aromatic rings. The molecule has 5 heteroatoms. The summed E-state index contributed by atoms with van der Waals surface area (Å²) in [6.45, 7) is 6.08. The van der Waals surface area contributed by atoms with Gasteiger partial charge in [-0.2, -0.15) is 0 Å². The van der Waals surface area contributed by atoms with E-state index in [1.807, 2.05) is 45.0 Å². The summed E-state index contributed by atoms with van der Waals surface area (Å²) in [5.41, 5.74) is 0.794. The highest BCUT2D eigenvalue weighted by molar-refractivity contribution is 6.60. The van der Waals surface area contributed by atoms with Crippen molar-refractivity contribution in [3.05, 3.63) is 29.8 Å². The van der Waals surface area contributed by atoms with Crippen molar-refractivity contribution in [1.82, 2.24) is 0 Å². The number of para-hydroxylation sites is 1. The van der Waals surface area contributed by atoms with Crippen LogP contribution in [0.25, 0.3) is 0 Å². The minimum absolute atomic E-state index is 0.243. The molecule has 0 unspecified atom stereocenters. The molecule has 1 aromatic carbocycles. The third-order valence-corrected chi connectivity index (χ3v) is 5.41. The van der Waals surface area contributed by atoms with Gasteiger partial charge < -0.3 is 18.0 Å². The first-order chi connectivity index (χ1) is 8.86. The summed E-state index contributed by atoms with van der Waals surface area (Å²) >= 11 is 0. The summed E-state index contributed by atoms with van der Waals surface area (Å²) in [6, 6.07) is 8.49. The second kappa shape index (κ2) is 6.52. The minimum atomic E-state index is -2.64. The van der Waals surface area contributed by atoms with Crippen molar-refractivity contribution < 1.29 is 18.0 Å². The third-order valence-electron chi connectivity index (χ3n) is 2.73. The van der Waals surface area contributed by atoms with Crippen LogP contribution in [0.2, 0.25) is 0 Å². The highest BCUT2D eigenvalue weighted by atomic mass is 28.4. The Kier molecular flexibility index (Phi) is 5.55. The van der Waals surface area contributed by atoms with E-state index in [4.69, 9.17) is 18.0 Å². The Morgan fingerprint density at radius 3 is 1.95 bits per heavy atom. The average molecular weight is 284 g/mol. The molecule has 108 valence electrons. The monoisotopic (exact) mass is 284 g/mol. The largest absolute Gasteiger partial charge is 0.504 e. The molecule has 0 aromatic heterocycles. The first kappa shape index (κ1) is 16.2. The van der Waals surface area contributed by atoms with Crippen molar-refractivity contribution in [1.29, 1.82) is 0 Å². The van der Waals surface area contributed by atoms with Crippen molar-refractivity contribution in [3.8, 4) is 5.75 Å². The Morgan fingerprint density at radius 2 is 1.47 bits per heavy atom. The van der Waals surface area contributed by atoms with Crippen LogP contribution in [0.4, 0.5) is 0 Å². The van der Waals surface area contributed by atoms with E-state index in [0.717, 1.165) is 11.3 Å². The molecule has 0 aliphatic heterocycles. The van der Waals surface area contributed by atoms with Crippen LogP contribution >= 0.6 is 0 Å². The molecule has 0 aliphatic rings. The highest BCUT2D eigenvalue weighted by Crippen LogP contribution is 2.26. The molecule has 0 heterocycles. The van der Waals surface area contributed by atoms with Gasteiger partial charge in [0.15, 0.2) is 0 Å². The molecule has 0 aliphatic carbocycles. The van der Waals surface area contributed by atoms with Gasteiger partial charge in [0.1, 0.15) is 11.4 Å². The van der Waals surface area contributed by atoms with E-state index in [0.29, 0.717) is 6.04 Å². The van der Waals surface area contributed by atoms with Crippen LogP contribution in [0.1, 0.15) is 26.3 Å². The Balaban J connectivity index is 3.00. The summed E-state index contributed by atoms with van der Waals surface area (Å²) in [4.78, 5) is 0. The lowest BCUT2D eigenvalue weighted by atomic mass is 10.1. The molecule has 1 rings (SSSR count). The Morgan fingerprint density at radius 1 is 0.947 bits per heavy atom. The number of hydrogen-bond acceptors (Lipinski definition) is 4. The zero-order valence-corrected chi connectivity index (χ0v) is 13.6. The van der Waals surface area contributed by atoms with Crippen LogP contribution in [0.3, 0.4) is 0 Å². The molecule has 0 saturated heterocycles. The Hall–Kier alpha value is -0.883. The maximum Gasteiger partial charge on any atom is 0.504 e. The predicted octanol–water partition coefficient (Wildman–Crippen LogP) is 2.82. The molecular weight excluding hydrogens is 260 g/mol. The van der Waals surface area contributed by atoms with E-state index >= 15 is 0 Å². The van der Waals surface area contributed by atoms with E-state index in [2.05, 4.69) is 0 Å². The van der Waals surface area contributed by atoms with Gasteiger partial charge in [-0.1, -0.05) is 18.2 Å². The van der Waals surface area contributed by atoms with Crippen LogP contribution in [0, 0.1) is 0 Å². The molecule has 0 fully saturated rings. The molecule has 19 heavy (non-hydrogen) atoms. The average Bonchev–Trinajstić information content (AvgIpc) is 2.36. The lowest BCUT2D eigenvalue weighted by molar-refractivity contribution is 0.117. The Bertz CT molecular complexity index is 388. The van der Waals surface area contributed by atoms with Crippen LogP contribution in [0.5, 0.6) is 5.75 Å². The van der Waals surface area contributed by atoms with Gasteiger partial charge in [0.05, 0.1) is 0 Å².